The number of sulfonamides is 1. The van der Waals surface area contributed by atoms with Crippen LogP contribution in [-0.2, 0) is 14.8 Å². The fraction of sp³-hybridized carbons (Fsp3) is 0.348. The number of carbonyl (C=O) groups is 3. The van der Waals surface area contributed by atoms with Crippen molar-refractivity contribution in [2.75, 3.05) is 31.5 Å². The number of hydrogen-bond acceptors (Lipinski definition) is 5. The molecule has 3 amide bonds. The van der Waals surface area contributed by atoms with Gasteiger partial charge in [0.2, 0.25) is 15.9 Å². The van der Waals surface area contributed by atoms with E-state index in [1.165, 1.54) is 35.5 Å². The van der Waals surface area contributed by atoms with Gasteiger partial charge in [-0.1, -0.05) is 6.42 Å². The smallest absolute Gasteiger partial charge is 0.251 e. The fourth-order valence-corrected chi connectivity index (χ4v) is 5.01. The van der Waals surface area contributed by atoms with Crippen molar-refractivity contribution in [3.8, 4) is 0 Å². The van der Waals surface area contributed by atoms with Crippen molar-refractivity contribution < 1.29 is 22.8 Å². The van der Waals surface area contributed by atoms with Gasteiger partial charge < -0.3 is 16.0 Å². The molecule has 0 bridgehead atoms. The van der Waals surface area contributed by atoms with E-state index < -0.39 is 10.0 Å². The van der Waals surface area contributed by atoms with E-state index in [0.29, 0.717) is 29.9 Å². The van der Waals surface area contributed by atoms with Crippen LogP contribution in [0.3, 0.4) is 0 Å². The lowest BCUT2D eigenvalue weighted by Gasteiger charge is -2.25. The van der Waals surface area contributed by atoms with Crippen LogP contribution < -0.4 is 16.0 Å². The fourth-order valence-electron chi connectivity index (χ4n) is 3.50. The Bertz CT molecular complexity index is 1090. The van der Waals surface area contributed by atoms with E-state index >= 15 is 0 Å². The molecule has 33 heavy (non-hydrogen) atoms. The number of carbonyl (C=O) groups excluding carboxylic acids is 3. The van der Waals surface area contributed by atoms with Crippen molar-refractivity contribution in [3.05, 3.63) is 59.7 Å². The minimum atomic E-state index is -3.54. The zero-order valence-electron chi connectivity index (χ0n) is 18.5. The molecule has 0 unspecified atom stereocenters. The first-order valence-corrected chi connectivity index (χ1v) is 12.3. The Morgan fingerprint density at radius 1 is 0.788 bits per heavy atom. The quantitative estimate of drug-likeness (QED) is 0.507. The molecule has 1 heterocycles. The Morgan fingerprint density at radius 2 is 1.27 bits per heavy atom. The van der Waals surface area contributed by atoms with Crippen molar-refractivity contribution in [2.45, 2.75) is 31.1 Å². The molecule has 1 aliphatic heterocycles. The van der Waals surface area contributed by atoms with Gasteiger partial charge in [0, 0.05) is 49.9 Å². The molecular weight excluding hydrogens is 444 g/mol. The zero-order valence-corrected chi connectivity index (χ0v) is 19.3. The van der Waals surface area contributed by atoms with Crippen LogP contribution in [0.4, 0.5) is 5.69 Å². The Kier molecular flexibility index (Phi) is 8.18. The van der Waals surface area contributed by atoms with E-state index in [4.69, 9.17) is 0 Å². The van der Waals surface area contributed by atoms with Crippen molar-refractivity contribution in [2.24, 2.45) is 0 Å². The maximum atomic E-state index is 12.7. The summed E-state index contributed by atoms with van der Waals surface area (Å²) in [5.74, 6) is -0.849. The van der Waals surface area contributed by atoms with Gasteiger partial charge in [-0.2, -0.15) is 4.31 Å². The molecule has 1 saturated heterocycles. The number of hydrogen-bond donors (Lipinski definition) is 3. The molecule has 1 fully saturated rings. The molecule has 2 aromatic rings. The molecule has 0 aromatic heterocycles. The lowest BCUT2D eigenvalue weighted by molar-refractivity contribution is -0.114. The Balaban J connectivity index is 1.46. The predicted molar refractivity (Wildman–Crippen MR) is 124 cm³/mol. The van der Waals surface area contributed by atoms with E-state index in [-0.39, 0.29) is 35.7 Å². The molecule has 1 aliphatic rings. The maximum Gasteiger partial charge on any atom is 0.251 e. The van der Waals surface area contributed by atoms with Crippen LogP contribution in [0.25, 0.3) is 0 Å². The molecule has 0 spiro atoms. The topological polar surface area (TPSA) is 125 Å². The predicted octanol–water partition coefficient (Wildman–Crippen LogP) is 1.98. The van der Waals surface area contributed by atoms with Crippen LogP contribution in [0.5, 0.6) is 0 Å². The van der Waals surface area contributed by atoms with Crippen molar-refractivity contribution in [1.29, 1.82) is 0 Å². The highest BCUT2D eigenvalue weighted by molar-refractivity contribution is 7.89. The standard InChI is InChI=1S/C23H28N4O5S/c1-17(28)26-20-9-5-18(6-10-20)22(29)24-13-14-25-23(30)19-7-11-21(12-8-19)33(31,32)27-15-3-2-4-16-27/h5-12H,2-4,13-16H2,1H3,(H,24,29)(H,25,30)(H,26,28). The molecule has 3 rings (SSSR count). The van der Waals surface area contributed by atoms with Crippen LogP contribution in [-0.4, -0.2) is 56.6 Å². The summed E-state index contributed by atoms with van der Waals surface area (Å²) in [4.78, 5) is 35.7. The second-order valence-corrected chi connectivity index (χ2v) is 9.70. The van der Waals surface area contributed by atoms with E-state index in [9.17, 15) is 22.8 Å². The molecule has 176 valence electrons. The molecule has 2 aromatic carbocycles. The number of amides is 3. The van der Waals surface area contributed by atoms with Crippen LogP contribution in [0.1, 0.15) is 46.9 Å². The monoisotopic (exact) mass is 472 g/mol. The summed E-state index contributed by atoms with van der Waals surface area (Å²) in [6, 6.07) is 12.3. The number of benzene rings is 2. The minimum absolute atomic E-state index is 0.178. The molecule has 3 N–H and O–H groups in total. The van der Waals surface area contributed by atoms with Gasteiger partial charge in [0.25, 0.3) is 11.8 Å². The van der Waals surface area contributed by atoms with Crippen molar-refractivity contribution in [3.63, 3.8) is 0 Å². The second kappa shape index (κ2) is 11.1. The van der Waals surface area contributed by atoms with Crippen molar-refractivity contribution in [1.82, 2.24) is 14.9 Å². The highest BCUT2D eigenvalue weighted by atomic mass is 32.2. The van der Waals surface area contributed by atoms with Gasteiger partial charge in [0.15, 0.2) is 0 Å². The van der Waals surface area contributed by atoms with E-state index in [2.05, 4.69) is 16.0 Å². The number of rotatable bonds is 8. The van der Waals surface area contributed by atoms with Crippen LogP contribution in [0.15, 0.2) is 53.4 Å². The van der Waals surface area contributed by atoms with Crippen LogP contribution in [0.2, 0.25) is 0 Å². The van der Waals surface area contributed by atoms with Gasteiger partial charge in [0.1, 0.15) is 0 Å². The maximum absolute atomic E-state index is 12.7. The normalized spacial score (nSPS) is 14.3. The minimum Gasteiger partial charge on any atom is -0.350 e. The van der Waals surface area contributed by atoms with Crippen LogP contribution >= 0.6 is 0 Å². The van der Waals surface area contributed by atoms with Crippen molar-refractivity contribution >= 4 is 33.4 Å². The summed E-state index contributed by atoms with van der Waals surface area (Å²) in [6.07, 6.45) is 2.76. The highest BCUT2D eigenvalue weighted by Gasteiger charge is 2.25. The molecule has 0 atom stereocenters. The van der Waals surface area contributed by atoms with E-state index in [1.54, 1.807) is 24.3 Å². The second-order valence-electron chi connectivity index (χ2n) is 7.76. The lowest BCUT2D eigenvalue weighted by Crippen LogP contribution is -2.36. The molecule has 0 radical (unpaired) electrons. The summed E-state index contributed by atoms with van der Waals surface area (Å²) in [6.45, 7) is 2.88. The lowest BCUT2D eigenvalue weighted by atomic mass is 10.2. The summed E-state index contributed by atoms with van der Waals surface area (Å²) < 4.78 is 26.9. The van der Waals surface area contributed by atoms with Crippen LogP contribution in [0, 0.1) is 0 Å². The Morgan fingerprint density at radius 3 is 1.76 bits per heavy atom. The molecule has 0 aliphatic carbocycles. The highest BCUT2D eigenvalue weighted by Crippen LogP contribution is 2.20. The molecule has 0 saturated carbocycles. The average Bonchev–Trinajstić information content (AvgIpc) is 2.82. The third-order valence-corrected chi connectivity index (χ3v) is 7.15. The van der Waals surface area contributed by atoms with Gasteiger partial charge in [-0.25, -0.2) is 8.42 Å². The third kappa shape index (κ3) is 6.62. The molecule has 9 nitrogen and oxygen atoms in total. The van der Waals surface area contributed by atoms with E-state index in [0.717, 1.165) is 19.3 Å². The van der Waals surface area contributed by atoms with Gasteiger partial charge in [-0.05, 0) is 61.4 Å². The van der Waals surface area contributed by atoms with Gasteiger partial charge in [-0.3, -0.25) is 14.4 Å². The number of nitrogens with zero attached hydrogens (tertiary/aromatic N) is 1. The first-order chi connectivity index (χ1) is 15.8. The number of anilines is 1. The summed E-state index contributed by atoms with van der Waals surface area (Å²) >= 11 is 0. The first-order valence-electron chi connectivity index (χ1n) is 10.8. The average molecular weight is 473 g/mol. The Hall–Kier alpha value is -3.24. The SMILES string of the molecule is CC(=O)Nc1ccc(C(=O)NCCNC(=O)c2ccc(S(=O)(=O)N3CCCCC3)cc2)cc1. The largest absolute Gasteiger partial charge is 0.350 e. The van der Waals surface area contributed by atoms with Gasteiger partial charge in [0.05, 0.1) is 4.90 Å². The first kappa shape index (κ1) is 24.4. The number of nitrogens with one attached hydrogen (secondary N) is 3. The zero-order chi connectivity index (χ0) is 23.8. The third-order valence-electron chi connectivity index (χ3n) is 5.23. The number of piperidine rings is 1. The molecular formula is C23H28N4O5S. The summed E-state index contributed by atoms with van der Waals surface area (Å²) in [5.41, 5.74) is 1.37. The molecule has 10 heteroatoms. The van der Waals surface area contributed by atoms with Gasteiger partial charge >= 0.3 is 0 Å². The van der Waals surface area contributed by atoms with Gasteiger partial charge in [-0.15, -0.1) is 0 Å². The van der Waals surface area contributed by atoms with E-state index in [1.807, 2.05) is 0 Å². The summed E-state index contributed by atoms with van der Waals surface area (Å²) in [7, 11) is -3.54. The Labute approximate surface area is 193 Å². The summed E-state index contributed by atoms with van der Waals surface area (Å²) in [5, 5.41) is 8.03.